The first-order valence-electron chi connectivity index (χ1n) is 9.37. The second kappa shape index (κ2) is 8.96. The van der Waals surface area contributed by atoms with E-state index < -0.39 is 6.23 Å². The van der Waals surface area contributed by atoms with E-state index in [2.05, 4.69) is 27.9 Å². The third-order valence-corrected chi connectivity index (χ3v) is 5.49. The molecule has 1 amide bonds. The van der Waals surface area contributed by atoms with E-state index in [1.54, 1.807) is 12.1 Å². The summed E-state index contributed by atoms with van der Waals surface area (Å²) in [5, 5.41) is 14.5. The number of rotatable bonds is 7. The molecule has 0 fully saturated rings. The fourth-order valence-corrected chi connectivity index (χ4v) is 3.75. The van der Waals surface area contributed by atoms with Crippen LogP contribution in [0.2, 0.25) is 0 Å². The quantitative estimate of drug-likeness (QED) is 0.379. The summed E-state index contributed by atoms with van der Waals surface area (Å²) in [6.45, 7) is 4.47. The van der Waals surface area contributed by atoms with Crippen LogP contribution in [0.4, 0.5) is 0 Å². The van der Waals surface area contributed by atoms with Crippen molar-refractivity contribution in [3.8, 4) is 5.75 Å². The number of amides is 1. The first kappa shape index (κ1) is 20.7. The van der Waals surface area contributed by atoms with Gasteiger partial charge < -0.3 is 19.7 Å². The Morgan fingerprint density at radius 3 is 2.79 bits per heavy atom. The zero-order valence-electron chi connectivity index (χ0n) is 16.3. The summed E-state index contributed by atoms with van der Waals surface area (Å²) < 4.78 is 8.67. The highest BCUT2D eigenvalue weighted by molar-refractivity contribution is 14.1. The van der Waals surface area contributed by atoms with Crippen molar-refractivity contribution in [3.05, 3.63) is 63.4 Å². The molecule has 0 radical (unpaired) electrons. The van der Waals surface area contributed by atoms with Gasteiger partial charge in [0.1, 0.15) is 12.0 Å². The molecule has 1 heterocycles. The predicted molar refractivity (Wildman–Crippen MR) is 120 cm³/mol. The van der Waals surface area contributed by atoms with Crippen LogP contribution in [-0.4, -0.2) is 28.4 Å². The molecule has 2 N–H and O–H groups in total. The summed E-state index contributed by atoms with van der Waals surface area (Å²) in [7, 11) is 1.98. The van der Waals surface area contributed by atoms with Crippen LogP contribution in [0.25, 0.3) is 10.9 Å². The Morgan fingerprint density at radius 1 is 1.29 bits per heavy atom. The average molecular weight is 492 g/mol. The number of nitrogens with one attached hydrogen (secondary N) is 1. The molecule has 0 bridgehead atoms. The smallest absolute Gasteiger partial charge is 0.257 e. The number of aliphatic hydroxyl groups is 1. The molecule has 0 aliphatic carbocycles. The number of hydrogen-bond donors (Lipinski definition) is 2. The number of hydrogen-bond acceptors (Lipinski definition) is 3. The van der Waals surface area contributed by atoms with Gasteiger partial charge in [-0.05, 0) is 58.8 Å². The van der Waals surface area contributed by atoms with Crippen LogP contribution >= 0.6 is 22.6 Å². The Bertz CT molecular complexity index is 983. The van der Waals surface area contributed by atoms with E-state index in [0.29, 0.717) is 17.9 Å². The molecule has 0 spiro atoms. The molecule has 0 saturated carbocycles. The number of nitrogens with zero attached hydrogens (tertiary/aromatic N) is 1. The third-order valence-electron chi connectivity index (χ3n) is 4.82. The van der Waals surface area contributed by atoms with Crippen molar-refractivity contribution >= 4 is 39.4 Å². The summed E-state index contributed by atoms with van der Waals surface area (Å²) in [4.78, 5) is 12.8. The molecule has 1 unspecified atom stereocenters. The van der Waals surface area contributed by atoms with Crippen LogP contribution in [0.5, 0.6) is 5.75 Å². The highest BCUT2D eigenvalue weighted by atomic mass is 127. The van der Waals surface area contributed by atoms with Crippen LogP contribution in [0, 0.1) is 3.57 Å². The van der Waals surface area contributed by atoms with Crippen LogP contribution in [0.1, 0.15) is 42.1 Å². The van der Waals surface area contributed by atoms with Crippen molar-refractivity contribution in [2.24, 2.45) is 7.05 Å². The molecular formula is C22H25IN2O3. The van der Waals surface area contributed by atoms with E-state index in [-0.39, 0.29) is 11.8 Å². The number of aryl methyl sites for hydroxylation is 1. The molecule has 6 heteroatoms. The monoisotopic (exact) mass is 492 g/mol. The first-order valence-corrected chi connectivity index (χ1v) is 10.5. The number of halogens is 1. The van der Waals surface area contributed by atoms with E-state index in [0.717, 1.165) is 26.5 Å². The molecule has 148 valence electrons. The van der Waals surface area contributed by atoms with Crippen molar-refractivity contribution in [3.63, 3.8) is 0 Å². The Hall–Kier alpha value is -2.06. The Balaban J connectivity index is 1.81. The van der Waals surface area contributed by atoms with Crippen LogP contribution < -0.4 is 10.1 Å². The van der Waals surface area contributed by atoms with E-state index in [1.165, 1.54) is 0 Å². The Labute approximate surface area is 178 Å². The molecule has 5 nitrogen and oxygen atoms in total. The highest BCUT2D eigenvalue weighted by Crippen LogP contribution is 2.29. The summed E-state index contributed by atoms with van der Waals surface area (Å²) in [5.41, 5.74) is 2.52. The molecule has 28 heavy (non-hydrogen) atoms. The number of para-hydroxylation sites is 1. The van der Waals surface area contributed by atoms with Gasteiger partial charge in [-0.3, -0.25) is 4.79 Å². The predicted octanol–water partition coefficient (Wildman–Crippen LogP) is 4.42. The summed E-state index contributed by atoms with van der Waals surface area (Å²) >= 11 is 2.16. The van der Waals surface area contributed by atoms with Crippen LogP contribution in [0.15, 0.2) is 48.7 Å². The topological polar surface area (TPSA) is 63.5 Å². The minimum atomic E-state index is -1.02. The molecular weight excluding hydrogens is 467 g/mol. The lowest BCUT2D eigenvalue weighted by Crippen LogP contribution is -2.38. The maximum atomic E-state index is 12.8. The molecule has 3 rings (SSSR count). The number of ether oxygens (including phenoxy) is 1. The van der Waals surface area contributed by atoms with Crippen molar-refractivity contribution in [2.45, 2.75) is 32.4 Å². The number of benzene rings is 2. The largest absolute Gasteiger partial charge is 0.493 e. The van der Waals surface area contributed by atoms with Gasteiger partial charge in [0.15, 0.2) is 0 Å². The van der Waals surface area contributed by atoms with E-state index in [1.807, 2.05) is 62.0 Å². The van der Waals surface area contributed by atoms with Gasteiger partial charge in [0.25, 0.3) is 5.91 Å². The minimum absolute atomic E-state index is 0.266. The number of carbonyl (C=O) groups is 1. The zero-order valence-corrected chi connectivity index (χ0v) is 18.4. The maximum absolute atomic E-state index is 12.8. The SMILES string of the molecule is CCCOc1ccc(I)cc1C(=O)NC(O)[C@H](C)c1cn(C)c2ccccc12. The Morgan fingerprint density at radius 2 is 2.04 bits per heavy atom. The second-order valence-corrected chi connectivity index (χ2v) is 8.15. The standard InChI is InChI=1S/C22H25IN2O3/c1-4-11-28-20-10-9-15(23)12-17(20)22(27)24-21(26)14(2)18-13-25(3)19-8-6-5-7-16(18)19/h5-10,12-14,21,26H,4,11H2,1-3H3,(H,24,27)/t14-,21?/m1/s1. The fourth-order valence-electron chi connectivity index (χ4n) is 3.26. The van der Waals surface area contributed by atoms with Crippen molar-refractivity contribution in [1.29, 1.82) is 0 Å². The van der Waals surface area contributed by atoms with E-state index >= 15 is 0 Å². The lowest BCUT2D eigenvalue weighted by molar-refractivity contribution is 0.0724. The van der Waals surface area contributed by atoms with Crippen molar-refractivity contribution in [1.82, 2.24) is 9.88 Å². The Kier molecular flexibility index (Phi) is 6.61. The van der Waals surface area contributed by atoms with Gasteiger partial charge in [-0.1, -0.05) is 32.0 Å². The van der Waals surface area contributed by atoms with Crippen molar-refractivity contribution in [2.75, 3.05) is 6.61 Å². The van der Waals surface area contributed by atoms with Gasteiger partial charge >= 0.3 is 0 Å². The van der Waals surface area contributed by atoms with Gasteiger partial charge in [-0.25, -0.2) is 0 Å². The molecule has 3 aromatic rings. The second-order valence-electron chi connectivity index (χ2n) is 6.91. The number of fused-ring (bicyclic) bond motifs is 1. The molecule has 0 aliphatic rings. The van der Waals surface area contributed by atoms with Crippen LogP contribution in [-0.2, 0) is 7.05 Å². The first-order chi connectivity index (χ1) is 13.4. The lowest BCUT2D eigenvalue weighted by Gasteiger charge is -2.21. The van der Waals surface area contributed by atoms with E-state index in [4.69, 9.17) is 4.74 Å². The third kappa shape index (κ3) is 4.33. The van der Waals surface area contributed by atoms with Crippen molar-refractivity contribution < 1.29 is 14.6 Å². The molecule has 2 aromatic carbocycles. The van der Waals surface area contributed by atoms with Gasteiger partial charge in [0.2, 0.25) is 0 Å². The fraction of sp³-hybridized carbons (Fsp3) is 0.318. The average Bonchev–Trinajstić information content (AvgIpc) is 3.03. The zero-order chi connectivity index (χ0) is 20.3. The number of aliphatic hydroxyl groups excluding tert-OH is 1. The number of carbonyl (C=O) groups excluding carboxylic acids is 1. The number of aromatic nitrogens is 1. The van der Waals surface area contributed by atoms with Gasteiger partial charge in [0.05, 0.1) is 12.2 Å². The summed E-state index contributed by atoms with van der Waals surface area (Å²) in [6.07, 6.45) is 1.84. The van der Waals surface area contributed by atoms with Gasteiger partial charge in [-0.2, -0.15) is 0 Å². The minimum Gasteiger partial charge on any atom is -0.493 e. The molecule has 1 aromatic heterocycles. The maximum Gasteiger partial charge on any atom is 0.257 e. The molecule has 2 atom stereocenters. The molecule has 0 saturated heterocycles. The van der Waals surface area contributed by atoms with Gasteiger partial charge in [-0.15, -0.1) is 0 Å². The normalized spacial score (nSPS) is 13.3. The summed E-state index contributed by atoms with van der Waals surface area (Å²) in [6, 6.07) is 13.5. The highest BCUT2D eigenvalue weighted by Gasteiger charge is 2.24. The van der Waals surface area contributed by atoms with Gasteiger partial charge in [0, 0.05) is 33.6 Å². The lowest BCUT2D eigenvalue weighted by atomic mass is 9.98. The van der Waals surface area contributed by atoms with E-state index in [9.17, 15) is 9.90 Å². The summed E-state index contributed by atoms with van der Waals surface area (Å²) in [5.74, 6) is -0.0770. The van der Waals surface area contributed by atoms with Crippen LogP contribution in [0.3, 0.4) is 0 Å². The molecule has 0 aliphatic heterocycles.